The van der Waals surface area contributed by atoms with Gasteiger partial charge in [-0.25, -0.2) is 23.9 Å². The fourth-order valence-corrected chi connectivity index (χ4v) is 2.64. The van der Waals surface area contributed by atoms with E-state index in [2.05, 4.69) is 30.9 Å². The zero-order chi connectivity index (χ0) is 30.1. The molecule has 0 bridgehead atoms. The minimum absolute atomic E-state index is 0.0404. The zero-order valence-electron chi connectivity index (χ0n) is 19.9. The molecule has 5 N–H and O–H groups in total. The second-order valence-electron chi connectivity index (χ2n) is 7.30. The molecule has 0 fully saturated rings. The van der Waals surface area contributed by atoms with Crippen molar-refractivity contribution in [3.8, 4) is 5.88 Å². The molecule has 0 aliphatic carbocycles. The van der Waals surface area contributed by atoms with Crippen LogP contribution in [-0.2, 0) is 22.3 Å². The number of methoxy groups -OCH3 is 1. The number of ether oxygens (including phenoxy) is 2. The van der Waals surface area contributed by atoms with Crippen LogP contribution in [0.25, 0.3) is 0 Å². The molecule has 0 aliphatic rings. The first-order chi connectivity index (χ1) is 18.6. The first kappa shape index (κ1) is 31.2. The van der Waals surface area contributed by atoms with Crippen molar-refractivity contribution >= 4 is 35.2 Å². The van der Waals surface area contributed by atoms with Crippen LogP contribution >= 0.6 is 0 Å². The largest absolute Gasteiger partial charge is 0.514 e. The number of benzene rings is 2. The summed E-state index contributed by atoms with van der Waals surface area (Å²) in [5, 5.41) is 20.8. The average molecular weight is 581 g/mol. The number of carboxylic acids is 1. The molecule has 2 amide bonds. The Morgan fingerprint density at radius 3 is 2.27 bits per heavy atom. The van der Waals surface area contributed by atoms with Gasteiger partial charge in [0.15, 0.2) is 0 Å². The maximum absolute atomic E-state index is 13.8. The Hall–Kier alpha value is -5.03. The number of urea groups is 1. The monoisotopic (exact) mass is 581 g/mol. The first-order valence-electron chi connectivity index (χ1n) is 10.5. The number of aromatic nitrogens is 2. The molecular weight excluding hydrogens is 563 g/mol. The summed E-state index contributed by atoms with van der Waals surface area (Å²) in [6, 6.07) is 7.25. The van der Waals surface area contributed by atoms with E-state index in [0.29, 0.717) is 35.1 Å². The number of carboxylic acid groups (broad SMARTS) is 1. The molecular formula is C22H18F7N5O6. The second kappa shape index (κ2) is 13.2. The predicted octanol–water partition coefficient (Wildman–Crippen LogP) is 5.60. The molecule has 40 heavy (non-hydrogen) atoms. The Balaban J connectivity index is 0.000000708. The molecule has 1 aromatic heterocycles. The summed E-state index contributed by atoms with van der Waals surface area (Å²) in [6.45, 7) is 0.233. The quantitative estimate of drug-likeness (QED) is 0.186. The van der Waals surface area contributed by atoms with E-state index in [9.17, 15) is 40.3 Å². The maximum atomic E-state index is 13.8. The Morgan fingerprint density at radius 1 is 1.00 bits per heavy atom. The third-order valence-corrected chi connectivity index (χ3v) is 4.41. The standard InChI is InChI=1S/C20H17F4N5O4.C2HF3O2/c1-32-19(31)33-17-16(10-26-29-17)25-9-11-3-2-4-13(7-11)27-18(30)28-15-8-12(20(22,23)24)5-6-14(15)21;3-2(4,5)1(6)7/h2-8,10,25H,9H2,1H3,(H,26,29)(H2,27,28,30);(H,6,7). The molecule has 18 heteroatoms. The number of aliphatic carboxylic acids is 1. The summed E-state index contributed by atoms with van der Waals surface area (Å²) in [6.07, 6.45) is -9.31. The van der Waals surface area contributed by atoms with Crippen LogP contribution in [0.2, 0.25) is 0 Å². The van der Waals surface area contributed by atoms with Gasteiger partial charge in [-0.15, -0.1) is 0 Å². The van der Waals surface area contributed by atoms with E-state index < -0.39 is 47.6 Å². The topological polar surface area (TPSA) is 155 Å². The molecule has 0 spiro atoms. The van der Waals surface area contributed by atoms with E-state index in [-0.39, 0.29) is 12.4 Å². The summed E-state index contributed by atoms with van der Waals surface area (Å²) in [7, 11) is 1.15. The van der Waals surface area contributed by atoms with Crippen molar-refractivity contribution in [3.63, 3.8) is 0 Å². The minimum atomic E-state index is -5.08. The SMILES string of the molecule is COC(=O)Oc1[nH]ncc1NCc1cccc(NC(=O)Nc2cc(C(F)(F)F)ccc2F)c1.O=C(O)C(F)(F)F. The number of hydrogen-bond donors (Lipinski definition) is 5. The van der Waals surface area contributed by atoms with Gasteiger partial charge in [0.2, 0.25) is 5.88 Å². The van der Waals surface area contributed by atoms with Crippen molar-refractivity contribution in [2.75, 3.05) is 23.1 Å². The lowest BCUT2D eigenvalue weighted by atomic mass is 10.2. The number of alkyl halides is 6. The minimum Gasteiger partial charge on any atom is -0.475 e. The van der Waals surface area contributed by atoms with Gasteiger partial charge in [-0.2, -0.15) is 31.4 Å². The van der Waals surface area contributed by atoms with Crippen molar-refractivity contribution < 1.29 is 59.7 Å². The molecule has 216 valence electrons. The summed E-state index contributed by atoms with van der Waals surface area (Å²) in [5.41, 5.74) is -0.350. The second-order valence-corrected chi connectivity index (χ2v) is 7.30. The van der Waals surface area contributed by atoms with E-state index in [1.807, 2.05) is 0 Å². The fourth-order valence-electron chi connectivity index (χ4n) is 2.64. The number of halogens is 7. The highest BCUT2D eigenvalue weighted by molar-refractivity contribution is 5.99. The molecule has 1 heterocycles. The number of H-pyrrole nitrogens is 1. The number of hydrogen-bond acceptors (Lipinski definition) is 7. The fraction of sp³-hybridized carbons (Fsp3) is 0.182. The van der Waals surface area contributed by atoms with Crippen molar-refractivity contribution in [2.45, 2.75) is 18.9 Å². The Kier molecular flexibility index (Phi) is 10.3. The number of amides is 2. The molecule has 0 unspecified atom stereocenters. The lowest BCUT2D eigenvalue weighted by molar-refractivity contribution is -0.192. The van der Waals surface area contributed by atoms with Gasteiger partial charge in [0.25, 0.3) is 0 Å². The van der Waals surface area contributed by atoms with Crippen molar-refractivity contribution in [1.29, 1.82) is 0 Å². The molecule has 0 saturated heterocycles. The smallest absolute Gasteiger partial charge is 0.475 e. The van der Waals surface area contributed by atoms with Gasteiger partial charge in [-0.05, 0) is 35.9 Å². The van der Waals surface area contributed by atoms with Gasteiger partial charge in [0, 0.05) is 12.2 Å². The average Bonchev–Trinajstić information content (AvgIpc) is 3.30. The number of rotatable bonds is 6. The molecule has 0 radical (unpaired) electrons. The van der Waals surface area contributed by atoms with Gasteiger partial charge in [0.05, 0.1) is 24.6 Å². The number of nitrogens with zero attached hydrogens (tertiary/aromatic N) is 1. The molecule has 0 saturated carbocycles. The first-order valence-corrected chi connectivity index (χ1v) is 10.5. The third-order valence-electron chi connectivity index (χ3n) is 4.41. The number of carbonyl (C=O) groups is 3. The summed E-state index contributed by atoms with van der Waals surface area (Å²) < 4.78 is 93.3. The van der Waals surface area contributed by atoms with E-state index in [1.165, 1.54) is 12.3 Å². The molecule has 2 aromatic carbocycles. The summed E-state index contributed by atoms with van der Waals surface area (Å²) in [4.78, 5) is 32.3. The highest BCUT2D eigenvalue weighted by atomic mass is 19.4. The van der Waals surface area contributed by atoms with Crippen LogP contribution in [0.4, 0.5) is 57.4 Å². The molecule has 3 rings (SSSR count). The molecule has 3 aromatic rings. The maximum Gasteiger partial charge on any atom is 0.514 e. The molecule has 0 aliphatic heterocycles. The van der Waals surface area contributed by atoms with Crippen molar-refractivity contribution in [3.05, 3.63) is 65.6 Å². The predicted molar refractivity (Wildman–Crippen MR) is 123 cm³/mol. The van der Waals surface area contributed by atoms with E-state index in [1.54, 1.807) is 18.2 Å². The Labute approximate surface area is 219 Å². The van der Waals surface area contributed by atoms with E-state index in [4.69, 9.17) is 14.6 Å². The Morgan fingerprint density at radius 2 is 1.68 bits per heavy atom. The number of carbonyl (C=O) groups excluding carboxylic acids is 2. The highest BCUT2D eigenvalue weighted by Crippen LogP contribution is 2.32. The van der Waals surface area contributed by atoms with Crippen LogP contribution in [0.15, 0.2) is 48.7 Å². The van der Waals surface area contributed by atoms with E-state index >= 15 is 0 Å². The van der Waals surface area contributed by atoms with Crippen LogP contribution < -0.4 is 20.7 Å². The van der Waals surface area contributed by atoms with Gasteiger partial charge in [0.1, 0.15) is 11.5 Å². The lowest BCUT2D eigenvalue weighted by Gasteiger charge is -2.12. The molecule has 0 atom stereocenters. The third kappa shape index (κ3) is 9.69. The van der Waals surface area contributed by atoms with Crippen LogP contribution in [0, 0.1) is 5.82 Å². The van der Waals surface area contributed by atoms with Gasteiger partial charge >= 0.3 is 30.5 Å². The summed E-state index contributed by atoms with van der Waals surface area (Å²) in [5.74, 6) is -3.73. The van der Waals surface area contributed by atoms with Crippen LogP contribution in [-0.4, -0.2) is 46.7 Å². The summed E-state index contributed by atoms with van der Waals surface area (Å²) >= 11 is 0. The van der Waals surface area contributed by atoms with Gasteiger partial charge in [-0.1, -0.05) is 12.1 Å². The van der Waals surface area contributed by atoms with Gasteiger partial charge in [-0.3, -0.25) is 0 Å². The normalized spacial score (nSPS) is 11.0. The zero-order valence-corrected chi connectivity index (χ0v) is 19.9. The number of nitrogens with one attached hydrogen (secondary N) is 4. The number of aromatic amines is 1. The lowest BCUT2D eigenvalue weighted by Crippen LogP contribution is -2.21. The number of anilines is 3. The molecule has 11 nitrogen and oxygen atoms in total. The van der Waals surface area contributed by atoms with Crippen LogP contribution in [0.5, 0.6) is 5.88 Å². The van der Waals surface area contributed by atoms with Crippen molar-refractivity contribution in [1.82, 2.24) is 10.2 Å². The van der Waals surface area contributed by atoms with Gasteiger partial charge < -0.3 is 30.5 Å². The Bertz CT molecular complexity index is 1340. The van der Waals surface area contributed by atoms with E-state index in [0.717, 1.165) is 7.11 Å². The van der Waals surface area contributed by atoms with Crippen molar-refractivity contribution in [2.24, 2.45) is 0 Å². The van der Waals surface area contributed by atoms with Crippen LogP contribution in [0.3, 0.4) is 0 Å². The van der Waals surface area contributed by atoms with Crippen LogP contribution in [0.1, 0.15) is 11.1 Å². The highest BCUT2D eigenvalue weighted by Gasteiger charge is 2.38.